The Hall–Kier alpha value is -5.74. The van der Waals surface area contributed by atoms with E-state index < -0.39 is 47.4 Å². The Balaban J connectivity index is 1.13. The minimum absolute atomic E-state index is 0.349. The summed E-state index contributed by atoms with van der Waals surface area (Å²) in [6.45, 7) is 7.48. The molecule has 0 aliphatic carbocycles. The summed E-state index contributed by atoms with van der Waals surface area (Å²) in [5, 5.41) is 24.7. The van der Waals surface area contributed by atoms with E-state index in [9.17, 15) is 29.4 Å². The third kappa shape index (κ3) is 7.71. The van der Waals surface area contributed by atoms with Crippen LogP contribution in [0, 0.1) is 0 Å². The molecule has 4 heterocycles. The number of rotatable bonds is 12. The molecule has 2 aliphatic heterocycles. The van der Waals surface area contributed by atoms with E-state index in [-0.39, 0.29) is 11.9 Å². The van der Waals surface area contributed by atoms with Crippen molar-refractivity contribution in [1.82, 2.24) is 40.4 Å². The molecular formula is C40H50N8O8. The first-order chi connectivity index (χ1) is 26.7. The highest BCUT2D eigenvalue weighted by Gasteiger charge is 2.48. The Labute approximate surface area is 325 Å². The van der Waals surface area contributed by atoms with E-state index in [1.807, 2.05) is 55.5 Å². The number of alkyl carbamates (subject to hydrolysis) is 1. The smallest absolute Gasteiger partial charge is 0.407 e. The Morgan fingerprint density at radius 2 is 1.50 bits per heavy atom. The number of hydrogen-bond acceptors (Lipinski definition) is 9. The zero-order valence-corrected chi connectivity index (χ0v) is 32.5. The largest absolute Gasteiger partial charge is 0.465 e. The van der Waals surface area contributed by atoms with Gasteiger partial charge in [0.2, 0.25) is 5.91 Å². The number of H-pyrrole nitrogens is 2. The van der Waals surface area contributed by atoms with E-state index in [1.165, 1.54) is 28.1 Å². The number of amides is 4. The molecule has 2 aromatic carbocycles. The van der Waals surface area contributed by atoms with E-state index in [0.717, 1.165) is 46.5 Å². The maximum atomic E-state index is 13.7. The summed E-state index contributed by atoms with van der Waals surface area (Å²) in [6, 6.07) is 14.7. The number of hydrogen-bond donors (Lipinski definition) is 6. The number of methoxy groups -OCH3 is 2. The molecule has 0 radical (unpaired) electrons. The van der Waals surface area contributed by atoms with Crippen molar-refractivity contribution in [3.63, 3.8) is 0 Å². The molecule has 0 spiro atoms. The number of carbonyl (C=O) groups excluding carboxylic acids is 3. The van der Waals surface area contributed by atoms with Crippen LogP contribution in [0.4, 0.5) is 9.59 Å². The number of likely N-dealkylation sites (tertiary alicyclic amines) is 2. The van der Waals surface area contributed by atoms with Crippen LogP contribution in [-0.2, 0) is 24.6 Å². The van der Waals surface area contributed by atoms with E-state index in [0.29, 0.717) is 37.6 Å². The predicted molar refractivity (Wildman–Crippen MR) is 206 cm³/mol. The number of aromatic amines is 2. The highest BCUT2D eigenvalue weighted by atomic mass is 16.5. The van der Waals surface area contributed by atoms with Crippen LogP contribution in [0.25, 0.3) is 33.6 Å². The first-order valence-corrected chi connectivity index (χ1v) is 18.7. The van der Waals surface area contributed by atoms with Crippen molar-refractivity contribution in [2.75, 3.05) is 27.3 Å². The fourth-order valence-corrected chi connectivity index (χ4v) is 7.65. The lowest BCUT2D eigenvalue weighted by molar-refractivity contribution is -0.143. The van der Waals surface area contributed by atoms with Crippen LogP contribution in [0.3, 0.4) is 0 Å². The summed E-state index contributed by atoms with van der Waals surface area (Å²) in [4.78, 5) is 70.3. The Morgan fingerprint density at radius 1 is 0.911 bits per heavy atom. The molecule has 0 bridgehead atoms. The Bertz CT molecular complexity index is 2050. The van der Waals surface area contributed by atoms with Gasteiger partial charge < -0.3 is 50.1 Å². The first kappa shape index (κ1) is 39.9. The topological polar surface area (TPSA) is 215 Å². The van der Waals surface area contributed by atoms with Gasteiger partial charge in [-0.3, -0.25) is 9.59 Å². The van der Waals surface area contributed by atoms with Gasteiger partial charge in [-0.05, 0) is 75.6 Å². The zero-order chi connectivity index (χ0) is 40.4. The summed E-state index contributed by atoms with van der Waals surface area (Å²) in [5.74, 6) is 0.477. The Morgan fingerprint density at radius 3 is 2.07 bits per heavy atom. The van der Waals surface area contributed by atoms with Crippen molar-refractivity contribution in [3.05, 3.63) is 72.6 Å². The van der Waals surface area contributed by atoms with Gasteiger partial charge in [-0.25, -0.2) is 19.6 Å². The summed E-state index contributed by atoms with van der Waals surface area (Å²) in [5.41, 5.74) is 3.11. The molecule has 298 valence electrons. The first-order valence-electron chi connectivity index (χ1n) is 18.7. The van der Waals surface area contributed by atoms with Crippen LogP contribution in [-0.4, -0.2) is 115 Å². The lowest BCUT2D eigenvalue weighted by atomic mass is 9.93. The minimum atomic E-state index is -1.57. The van der Waals surface area contributed by atoms with Gasteiger partial charge in [0.15, 0.2) is 0 Å². The van der Waals surface area contributed by atoms with E-state index in [4.69, 9.17) is 9.47 Å². The second-order valence-corrected chi connectivity index (χ2v) is 14.9. The van der Waals surface area contributed by atoms with Gasteiger partial charge >= 0.3 is 12.2 Å². The molecule has 16 heteroatoms. The van der Waals surface area contributed by atoms with Crippen LogP contribution in [0.1, 0.15) is 71.1 Å². The number of ether oxygens (including phenoxy) is 2. The molecule has 6 atom stereocenters. The third-order valence-electron chi connectivity index (χ3n) is 11.4. The zero-order valence-electron chi connectivity index (χ0n) is 32.5. The van der Waals surface area contributed by atoms with Crippen molar-refractivity contribution >= 4 is 24.0 Å². The summed E-state index contributed by atoms with van der Waals surface area (Å²) in [6.07, 6.45) is 2.42. The van der Waals surface area contributed by atoms with Crippen molar-refractivity contribution in [1.29, 1.82) is 0 Å². The van der Waals surface area contributed by atoms with Gasteiger partial charge in [-0.1, -0.05) is 48.5 Å². The molecule has 56 heavy (non-hydrogen) atoms. The maximum absolute atomic E-state index is 13.7. The van der Waals surface area contributed by atoms with Gasteiger partial charge in [-0.15, -0.1) is 0 Å². The van der Waals surface area contributed by atoms with Gasteiger partial charge in [0.1, 0.15) is 23.2 Å². The number of imidazole rings is 2. The average Bonchev–Trinajstić information content (AvgIpc) is 4.03. The minimum Gasteiger partial charge on any atom is -0.465 e. The van der Waals surface area contributed by atoms with Crippen molar-refractivity contribution in [2.45, 2.75) is 88.7 Å². The quantitative estimate of drug-likeness (QED) is 0.116. The average molecular weight is 771 g/mol. The number of carboxylic acid groups (broad SMARTS) is 1. The predicted octanol–water partition coefficient (Wildman–Crippen LogP) is 4.80. The molecule has 2 fully saturated rings. The van der Waals surface area contributed by atoms with Crippen molar-refractivity contribution in [2.24, 2.45) is 0 Å². The maximum Gasteiger partial charge on any atom is 0.407 e. The van der Waals surface area contributed by atoms with Gasteiger partial charge in [-0.2, -0.15) is 0 Å². The molecule has 4 aromatic rings. The monoisotopic (exact) mass is 770 g/mol. The number of carbonyl (C=O) groups is 4. The fraction of sp³-hybridized carbons (Fsp3) is 0.450. The molecule has 0 saturated carbocycles. The highest BCUT2D eigenvalue weighted by molar-refractivity contribution is 5.91. The second-order valence-electron chi connectivity index (χ2n) is 14.9. The lowest BCUT2D eigenvalue weighted by Gasteiger charge is -2.37. The molecule has 6 rings (SSSR count). The van der Waals surface area contributed by atoms with Crippen LogP contribution in [0.15, 0.2) is 60.9 Å². The van der Waals surface area contributed by atoms with Crippen molar-refractivity contribution in [3.8, 4) is 33.6 Å². The molecule has 6 N–H and O–H groups in total. The molecule has 4 amide bonds. The third-order valence-corrected chi connectivity index (χ3v) is 11.4. The number of aliphatic hydroxyl groups is 1. The van der Waals surface area contributed by atoms with Crippen LogP contribution >= 0.6 is 0 Å². The second kappa shape index (κ2) is 16.2. The number of nitrogens with zero attached hydrogens (tertiary/aromatic N) is 4. The highest BCUT2D eigenvalue weighted by Crippen LogP contribution is 2.39. The van der Waals surface area contributed by atoms with Gasteiger partial charge in [0, 0.05) is 20.2 Å². The number of benzene rings is 2. The van der Waals surface area contributed by atoms with Gasteiger partial charge in [0.05, 0.1) is 54.7 Å². The molecule has 2 aliphatic rings. The van der Waals surface area contributed by atoms with E-state index in [1.54, 1.807) is 29.1 Å². The van der Waals surface area contributed by atoms with Crippen LogP contribution in [0.2, 0.25) is 0 Å². The molecule has 0 unspecified atom stereocenters. The van der Waals surface area contributed by atoms with Crippen molar-refractivity contribution < 1.29 is 38.9 Å². The number of nitrogens with one attached hydrogen (secondary N) is 4. The lowest BCUT2D eigenvalue weighted by Crippen LogP contribution is -2.63. The fourth-order valence-electron chi connectivity index (χ4n) is 7.65. The Kier molecular flexibility index (Phi) is 11.5. The van der Waals surface area contributed by atoms with Crippen LogP contribution in [0.5, 0.6) is 0 Å². The van der Waals surface area contributed by atoms with E-state index in [2.05, 4.69) is 30.6 Å². The van der Waals surface area contributed by atoms with Gasteiger partial charge in [0.25, 0.3) is 5.91 Å². The summed E-state index contributed by atoms with van der Waals surface area (Å²) < 4.78 is 10.0. The molecule has 16 nitrogen and oxygen atoms in total. The summed E-state index contributed by atoms with van der Waals surface area (Å²) in [7, 11) is 2.65. The standard InChI is InChI=1S/C40H50N8O8/c1-23(55-5)32(45-37(52)53)34(50)48-20-8-18-39(48,3)35-42-22-30(44-35)28-16-12-26(13-17-28)25-10-14-27(15-11-25)29-21-41-33(43-29)31-9-7-19-47(31)36(51)40(4,24(2)49)46-38(54)56-6/h10-17,21-24,31-32,45,49H,7-9,18-20H2,1-6H3,(H,41,43)(H,42,44)(H,46,54)(H,52,53)/t23-,24-,31+,32+,39+,40+/m1/s1. The molecule has 2 aromatic heterocycles. The number of aliphatic hydroxyl groups excluding tert-OH is 1. The molecular weight excluding hydrogens is 720 g/mol. The van der Waals surface area contributed by atoms with E-state index >= 15 is 0 Å². The molecule has 2 saturated heterocycles. The summed E-state index contributed by atoms with van der Waals surface area (Å²) >= 11 is 0. The SMILES string of the molecule is COC(=O)N[C@](C)(C(=O)N1CCC[C@H]1c1ncc(-c2ccc(-c3ccc(-c4cnc([C@]5(C)CCCN5C(=O)[C@@H](NC(=O)O)[C@@H](C)OC)[nH]4)cc3)cc2)[nH]1)[C@@H](C)O. The normalized spacial score (nSPS) is 20.9. The van der Waals surface area contributed by atoms with Crippen LogP contribution < -0.4 is 10.6 Å². The number of aromatic nitrogens is 4.